The van der Waals surface area contributed by atoms with Gasteiger partial charge in [-0.25, -0.2) is 9.50 Å². The number of aromatic amines is 1. The van der Waals surface area contributed by atoms with Crippen LogP contribution in [0.2, 0.25) is 0 Å². The summed E-state index contributed by atoms with van der Waals surface area (Å²) in [4.78, 5) is 16.9. The summed E-state index contributed by atoms with van der Waals surface area (Å²) >= 11 is 0. The molecule has 0 spiro atoms. The van der Waals surface area contributed by atoms with Gasteiger partial charge in [-0.1, -0.05) is 6.92 Å². The Morgan fingerprint density at radius 1 is 1.21 bits per heavy atom. The lowest BCUT2D eigenvalue weighted by molar-refractivity contribution is 0.359. The average Bonchev–Trinajstić information content (AvgIpc) is 3.35. The second-order valence-electron chi connectivity index (χ2n) is 7.56. The Labute approximate surface area is 162 Å². The molecule has 0 unspecified atom stereocenters. The smallest absolute Gasteiger partial charge is 0.228 e. The number of hydrogen-bond donors (Lipinski definition) is 2. The molecule has 144 valence electrons. The first kappa shape index (κ1) is 17.0. The van der Waals surface area contributed by atoms with Gasteiger partial charge in [0.2, 0.25) is 11.8 Å². The van der Waals surface area contributed by atoms with Crippen LogP contribution in [-0.2, 0) is 0 Å². The standard InChI is InChI=1S/C20H23N7O/c1-12-3-5-14(6-4-12)24-20-25-18-17(19(26-20)28-2)15(10-21-18)13-7-8-27-16(9-13)22-11-23-27/h7-12,14H,3-6H2,1-2H3,(H2,21,24,25,26). The molecule has 0 saturated heterocycles. The maximum atomic E-state index is 5.62. The minimum atomic E-state index is 0.420. The zero-order valence-corrected chi connectivity index (χ0v) is 16.0. The number of ether oxygens (including phenoxy) is 1. The molecule has 8 nitrogen and oxygen atoms in total. The molecule has 0 bridgehead atoms. The van der Waals surface area contributed by atoms with E-state index in [1.165, 1.54) is 12.8 Å². The van der Waals surface area contributed by atoms with E-state index < -0.39 is 0 Å². The fourth-order valence-corrected chi connectivity index (χ4v) is 4.01. The second kappa shape index (κ2) is 6.78. The van der Waals surface area contributed by atoms with Crippen LogP contribution in [0.25, 0.3) is 27.8 Å². The molecule has 0 amide bonds. The Hall–Kier alpha value is -3.16. The van der Waals surface area contributed by atoms with Crippen molar-refractivity contribution in [1.82, 2.24) is 29.5 Å². The molecule has 2 N–H and O–H groups in total. The SMILES string of the molecule is COc1nc(NC2CCC(C)CC2)nc2[nH]cc(-c3ccn4ncnc4c3)c12. The molecule has 28 heavy (non-hydrogen) atoms. The molecule has 0 atom stereocenters. The van der Waals surface area contributed by atoms with E-state index in [9.17, 15) is 0 Å². The number of aromatic nitrogens is 6. The fourth-order valence-electron chi connectivity index (χ4n) is 4.01. The lowest BCUT2D eigenvalue weighted by Crippen LogP contribution is -2.26. The monoisotopic (exact) mass is 377 g/mol. The van der Waals surface area contributed by atoms with Crippen molar-refractivity contribution in [1.29, 1.82) is 0 Å². The normalized spacial score (nSPS) is 19.9. The van der Waals surface area contributed by atoms with Crippen LogP contribution in [0.1, 0.15) is 32.6 Å². The summed E-state index contributed by atoms with van der Waals surface area (Å²) in [5.41, 5.74) is 3.54. The van der Waals surface area contributed by atoms with Crippen LogP contribution < -0.4 is 10.1 Å². The van der Waals surface area contributed by atoms with Crippen molar-refractivity contribution in [2.24, 2.45) is 5.92 Å². The highest BCUT2D eigenvalue weighted by Crippen LogP contribution is 2.35. The highest BCUT2D eigenvalue weighted by Gasteiger charge is 2.21. The van der Waals surface area contributed by atoms with Crippen molar-refractivity contribution in [3.63, 3.8) is 0 Å². The van der Waals surface area contributed by atoms with Crippen LogP contribution in [0.3, 0.4) is 0 Å². The van der Waals surface area contributed by atoms with Crippen LogP contribution in [0.5, 0.6) is 5.88 Å². The summed E-state index contributed by atoms with van der Waals surface area (Å²) in [6, 6.07) is 4.41. The lowest BCUT2D eigenvalue weighted by atomic mass is 9.87. The Balaban J connectivity index is 1.52. The number of fused-ring (bicyclic) bond motifs is 2. The summed E-state index contributed by atoms with van der Waals surface area (Å²) in [5.74, 6) is 1.99. The van der Waals surface area contributed by atoms with Gasteiger partial charge in [0.1, 0.15) is 12.0 Å². The quantitative estimate of drug-likeness (QED) is 0.564. The highest BCUT2D eigenvalue weighted by molar-refractivity contribution is 5.98. The molecule has 4 heterocycles. The molecule has 1 aliphatic rings. The first-order valence-electron chi connectivity index (χ1n) is 9.70. The van der Waals surface area contributed by atoms with Gasteiger partial charge in [0, 0.05) is 24.0 Å². The Kier molecular flexibility index (Phi) is 4.11. The predicted molar refractivity (Wildman–Crippen MR) is 107 cm³/mol. The van der Waals surface area contributed by atoms with Crippen LogP contribution in [0.15, 0.2) is 30.9 Å². The van der Waals surface area contributed by atoms with Crippen molar-refractivity contribution in [2.45, 2.75) is 38.6 Å². The van der Waals surface area contributed by atoms with Gasteiger partial charge < -0.3 is 15.0 Å². The number of nitrogens with zero attached hydrogens (tertiary/aromatic N) is 5. The van der Waals surface area contributed by atoms with Crippen LogP contribution in [0, 0.1) is 5.92 Å². The highest BCUT2D eigenvalue weighted by atomic mass is 16.5. The van der Waals surface area contributed by atoms with Crippen molar-refractivity contribution in [2.75, 3.05) is 12.4 Å². The van der Waals surface area contributed by atoms with Gasteiger partial charge in [0.25, 0.3) is 0 Å². The van der Waals surface area contributed by atoms with Crippen molar-refractivity contribution >= 4 is 22.6 Å². The minimum absolute atomic E-state index is 0.420. The molecule has 8 heteroatoms. The Morgan fingerprint density at radius 3 is 2.89 bits per heavy atom. The number of methoxy groups -OCH3 is 1. The third kappa shape index (κ3) is 2.94. The maximum absolute atomic E-state index is 5.62. The van der Waals surface area contributed by atoms with E-state index in [-0.39, 0.29) is 0 Å². The molecule has 0 aliphatic heterocycles. The van der Waals surface area contributed by atoms with Gasteiger partial charge in [-0.05, 0) is 49.3 Å². The van der Waals surface area contributed by atoms with E-state index in [0.717, 1.165) is 46.6 Å². The summed E-state index contributed by atoms with van der Waals surface area (Å²) in [6.45, 7) is 2.32. The molecule has 0 aromatic carbocycles. The van der Waals surface area contributed by atoms with Crippen LogP contribution >= 0.6 is 0 Å². The summed E-state index contributed by atoms with van der Waals surface area (Å²) in [6.07, 6.45) is 10.2. The van der Waals surface area contributed by atoms with Gasteiger partial charge in [-0.3, -0.25) is 0 Å². The first-order chi connectivity index (χ1) is 13.7. The predicted octanol–water partition coefficient (Wildman–Crippen LogP) is 3.67. The molecule has 5 rings (SSSR count). The van der Waals surface area contributed by atoms with E-state index in [1.54, 1.807) is 18.0 Å². The summed E-state index contributed by atoms with van der Waals surface area (Å²) < 4.78 is 7.36. The molecule has 4 aromatic heterocycles. The fraction of sp³-hybridized carbons (Fsp3) is 0.400. The van der Waals surface area contributed by atoms with E-state index in [0.29, 0.717) is 17.9 Å². The van der Waals surface area contributed by atoms with E-state index in [1.807, 2.05) is 24.5 Å². The lowest BCUT2D eigenvalue weighted by Gasteiger charge is -2.26. The Morgan fingerprint density at radius 2 is 2.07 bits per heavy atom. The zero-order valence-electron chi connectivity index (χ0n) is 16.0. The zero-order chi connectivity index (χ0) is 19.1. The van der Waals surface area contributed by atoms with Crippen molar-refractivity contribution in [3.05, 3.63) is 30.9 Å². The van der Waals surface area contributed by atoms with E-state index in [2.05, 4.69) is 32.3 Å². The van der Waals surface area contributed by atoms with E-state index in [4.69, 9.17) is 9.72 Å². The molecule has 0 radical (unpaired) electrons. The average molecular weight is 377 g/mol. The molecular formula is C20H23N7O. The maximum Gasteiger partial charge on any atom is 0.228 e. The summed E-state index contributed by atoms with van der Waals surface area (Å²) in [7, 11) is 1.65. The molecule has 1 aliphatic carbocycles. The number of H-pyrrole nitrogens is 1. The first-order valence-corrected chi connectivity index (χ1v) is 9.70. The largest absolute Gasteiger partial charge is 0.480 e. The second-order valence-corrected chi connectivity index (χ2v) is 7.56. The van der Waals surface area contributed by atoms with Gasteiger partial charge in [0.15, 0.2) is 5.65 Å². The molecular weight excluding hydrogens is 354 g/mol. The minimum Gasteiger partial charge on any atom is -0.480 e. The number of rotatable bonds is 4. The van der Waals surface area contributed by atoms with Crippen LogP contribution in [-0.4, -0.2) is 42.7 Å². The van der Waals surface area contributed by atoms with Gasteiger partial charge in [-0.2, -0.15) is 15.1 Å². The Bertz CT molecular complexity index is 1120. The topological polar surface area (TPSA) is 93.0 Å². The number of nitrogens with one attached hydrogen (secondary N) is 2. The molecule has 1 saturated carbocycles. The van der Waals surface area contributed by atoms with Crippen molar-refractivity contribution in [3.8, 4) is 17.0 Å². The molecule has 4 aromatic rings. The number of hydrogen-bond acceptors (Lipinski definition) is 6. The van der Waals surface area contributed by atoms with Gasteiger partial charge in [0.05, 0.1) is 12.5 Å². The third-order valence-corrected chi connectivity index (χ3v) is 5.63. The summed E-state index contributed by atoms with van der Waals surface area (Å²) in [5, 5.41) is 8.51. The van der Waals surface area contributed by atoms with Gasteiger partial charge >= 0.3 is 0 Å². The number of pyridine rings is 1. The molecule has 1 fully saturated rings. The van der Waals surface area contributed by atoms with E-state index >= 15 is 0 Å². The van der Waals surface area contributed by atoms with Crippen molar-refractivity contribution < 1.29 is 4.74 Å². The third-order valence-electron chi connectivity index (χ3n) is 5.63. The van der Waals surface area contributed by atoms with Gasteiger partial charge in [-0.15, -0.1) is 0 Å². The number of anilines is 1. The van der Waals surface area contributed by atoms with Crippen LogP contribution in [0.4, 0.5) is 5.95 Å².